The largest absolute Gasteiger partial charge is 0.444 e. The number of hydrogen-bond donors (Lipinski definition) is 1. The Morgan fingerprint density at radius 1 is 1.05 bits per heavy atom. The highest BCUT2D eigenvalue weighted by atomic mass is 16.6. The van der Waals surface area contributed by atoms with Gasteiger partial charge < -0.3 is 19.9 Å². The number of para-hydroxylation sites is 1. The summed E-state index contributed by atoms with van der Waals surface area (Å²) in [5.74, 6) is -0.0691. The van der Waals surface area contributed by atoms with E-state index in [-0.39, 0.29) is 24.1 Å². The Kier molecular flexibility index (Phi) is 6.27. The molecule has 2 aliphatic heterocycles. The molecule has 2 aromatic heterocycles. The fourth-order valence-electron chi connectivity index (χ4n) is 6.70. The second-order valence-corrected chi connectivity index (χ2v) is 13.3. The maximum absolute atomic E-state index is 14.0. The third-order valence-corrected chi connectivity index (χ3v) is 9.00. The van der Waals surface area contributed by atoms with E-state index in [1.807, 2.05) is 82.4 Å². The minimum Gasteiger partial charge on any atom is -0.444 e. The molecule has 4 aromatic rings. The summed E-state index contributed by atoms with van der Waals surface area (Å²) in [6, 6.07) is 16.7. The van der Waals surface area contributed by atoms with Gasteiger partial charge in [-0.25, -0.2) is 9.78 Å². The van der Waals surface area contributed by atoms with E-state index in [1.54, 1.807) is 4.68 Å². The van der Waals surface area contributed by atoms with Crippen molar-refractivity contribution in [2.45, 2.75) is 70.2 Å². The summed E-state index contributed by atoms with van der Waals surface area (Å²) in [5.41, 5.74) is 5.48. The van der Waals surface area contributed by atoms with E-state index in [0.717, 1.165) is 64.8 Å². The van der Waals surface area contributed by atoms with E-state index in [0.29, 0.717) is 12.1 Å². The first-order valence-electron chi connectivity index (χ1n) is 15.1. The van der Waals surface area contributed by atoms with Gasteiger partial charge in [-0.3, -0.25) is 9.48 Å². The van der Waals surface area contributed by atoms with E-state index in [1.165, 1.54) is 0 Å². The molecule has 1 aliphatic carbocycles. The molecule has 2 amide bonds. The van der Waals surface area contributed by atoms with Gasteiger partial charge in [0, 0.05) is 54.6 Å². The zero-order valence-corrected chi connectivity index (χ0v) is 25.4. The lowest BCUT2D eigenvalue weighted by molar-refractivity contribution is 0.0214. The fraction of sp³-hybridized carbons (Fsp3) is 0.412. The van der Waals surface area contributed by atoms with Crippen LogP contribution in [0.1, 0.15) is 61.5 Å². The molecule has 2 saturated heterocycles. The molecule has 43 heavy (non-hydrogen) atoms. The molecule has 0 unspecified atom stereocenters. The molecule has 0 spiro atoms. The van der Waals surface area contributed by atoms with Gasteiger partial charge in [0.1, 0.15) is 5.60 Å². The number of nitrogens with zero attached hydrogens (tertiary/aromatic N) is 5. The van der Waals surface area contributed by atoms with Crippen molar-refractivity contribution in [1.82, 2.24) is 25.0 Å². The van der Waals surface area contributed by atoms with Crippen molar-refractivity contribution < 1.29 is 14.3 Å². The molecule has 7 rings (SSSR count). The predicted octanol–water partition coefficient (Wildman–Crippen LogP) is 5.56. The summed E-state index contributed by atoms with van der Waals surface area (Å²) < 4.78 is 7.41. The van der Waals surface area contributed by atoms with Gasteiger partial charge in [0.15, 0.2) is 0 Å². The van der Waals surface area contributed by atoms with Crippen LogP contribution in [-0.4, -0.2) is 62.4 Å². The number of benzene rings is 2. The molecule has 2 atom stereocenters. The van der Waals surface area contributed by atoms with E-state index in [9.17, 15) is 9.59 Å². The topological polar surface area (TPSA) is 92.6 Å². The standard InChI is InChI=1S/C34H38N6O3/c1-21-10-11-23(39-19-25-14-24(39)20-40(25)32(42)43-33(2,3)4)15-27(21)31(41)37-34(12-13-34)28-16-30(22-17-35-38(5)18-22)36-29-9-7-6-8-26(28)29/h6-11,15-18,24-25H,12-14,19-20H2,1-5H3,(H,37,41)/t24-,25-/m1/s1. The van der Waals surface area contributed by atoms with Gasteiger partial charge in [-0.05, 0) is 82.3 Å². The van der Waals surface area contributed by atoms with Crippen LogP contribution < -0.4 is 10.2 Å². The number of pyridine rings is 1. The average Bonchev–Trinajstić information content (AvgIpc) is 3.26. The van der Waals surface area contributed by atoms with Crippen LogP contribution in [0.25, 0.3) is 22.2 Å². The Morgan fingerprint density at radius 3 is 2.51 bits per heavy atom. The lowest BCUT2D eigenvalue weighted by Crippen LogP contribution is -2.50. The highest BCUT2D eigenvalue weighted by Gasteiger charge is 2.48. The number of fused-ring (bicyclic) bond motifs is 3. The van der Waals surface area contributed by atoms with Gasteiger partial charge in [0.25, 0.3) is 5.91 Å². The normalized spacial score (nSPS) is 20.5. The van der Waals surface area contributed by atoms with Crippen molar-refractivity contribution in [2.75, 3.05) is 18.0 Å². The Hall–Kier alpha value is -4.40. The maximum atomic E-state index is 14.0. The number of nitrogens with one attached hydrogen (secondary N) is 1. The summed E-state index contributed by atoms with van der Waals surface area (Å²) in [6.07, 6.45) is 6.19. The third kappa shape index (κ3) is 5.00. The van der Waals surface area contributed by atoms with Gasteiger partial charge in [-0.2, -0.15) is 5.10 Å². The summed E-state index contributed by atoms with van der Waals surface area (Å²) in [5, 5.41) is 8.83. The number of carbonyl (C=O) groups excluding carboxylic acids is 2. The van der Waals surface area contributed by atoms with Crippen molar-refractivity contribution >= 4 is 28.6 Å². The number of amides is 2. The minimum absolute atomic E-state index is 0.0691. The lowest BCUT2D eigenvalue weighted by Gasteiger charge is -2.36. The first-order chi connectivity index (χ1) is 20.5. The monoisotopic (exact) mass is 578 g/mol. The van der Waals surface area contributed by atoms with E-state index >= 15 is 0 Å². The zero-order chi connectivity index (χ0) is 30.1. The second kappa shape index (κ2) is 9.82. The van der Waals surface area contributed by atoms with Gasteiger partial charge in [0.05, 0.1) is 29.0 Å². The zero-order valence-electron chi connectivity index (χ0n) is 25.4. The molecule has 9 nitrogen and oxygen atoms in total. The molecule has 3 aliphatic rings. The maximum Gasteiger partial charge on any atom is 0.410 e. The molecule has 9 heteroatoms. The number of anilines is 1. The number of carbonyl (C=O) groups is 2. The molecular formula is C34H38N6O3. The highest BCUT2D eigenvalue weighted by Crippen LogP contribution is 2.49. The van der Waals surface area contributed by atoms with Crippen LogP contribution in [0.3, 0.4) is 0 Å². The number of likely N-dealkylation sites (tertiary alicyclic amines) is 1. The predicted molar refractivity (Wildman–Crippen MR) is 166 cm³/mol. The molecule has 4 heterocycles. The SMILES string of the molecule is Cc1ccc(N2C[C@H]3C[C@@H]2CN3C(=O)OC(C)(C)C)cc1C(=O)NC1(c2cc(-c3cnn(C)c3)nc3ccccc23)CC1. The van der Waals surface area contributed by atoms with E-state index in [4.69, 9.17) is 9.72 Å². The highest BCUT2D eigenvalue weighted by molar-refractivity contribution is 5.98. The third-order valence-electron chi connectivity index (χ3n) is 9.00. The summed E-state index contributed by atoms with van der Waals surface area (Å²) >= 11 is 0. The number of aryl methyl sites for hydroxylation is 2. The van der Waals surface area contributed by atoms with Gasteiger partial charge in [0.2, 0.25) is 0 Å². The van der Waals surface area contributed by atoms with Crippen molar-refractivity contribution in [2.24, 2.45) is 7.05 Å². The van der Waals surface area contributed by atoms with Crippen molar-refractivity contribution in [3.63, 3.8) is 0 Å². The summed E-state index contributed by atoms with van der Waals surface area (Å²) in [6.45, 7) is 9.04. The van der Waals surface area contributed by atoms with Crippen LogP contribution in [0.15, 0.2) is 60.9 Å². The average molecular weight is 579 g/mol. The molecule has 2 bridgehead atoms. The summed E-state index contributed by atoms with van der Waals surface area (Å²) in [7, 11) is 1.90. The van der Waals surface area contributed by atoms with E-state index < -0.39 is 11.1 Å². The molecule has 1 saturated carbocycles. The van der Waals surface area contributed by atoms with Crippen LogP contribution in [-0.2, 0) is 17.3 Å². The Balaban J connectivity index is 1.14. The first kappa shape index (κ1) is 27.4. The van der Waals surface area contributed by atoms with Crippen molar-refractivity contribution in [3.05, 3.63) is 77.6 Å². The smallest absolute Gasteiger partial charge is 0.410 e. The lowest BCUT2D eigenvalue weighted by atomic mass is 9.96. The molecule has 222 valence electrons. The quantitative estimate of drug-likeness (QED) is 0.333. The van der Waals surface area contributed by atoms with E-state index in [2.05, 4.69) is 33.5 Å². The molecular weight excluding hydrogens is 540 g/mol. The Morgan fingerprint density at radius 2 is 1.84 bits per heavy atom. The van der Waals surface area contributed by atoms with Crippen molar-refractivity contribution in [3.8, 4) is 11.3 Å². The van der Waals surface area contributed by atoms with Crippen LogP contribution in [0.2, 0.25) is 0 Å². The number of piperazine rings is 1. The fourth-order valence-corrected chi connectivity index (χ4v) is 6.70. The van der Waals surface area contributed by atoms with Crippen LogP contribution in [0.5, 0.6) is 0 Å². The van der Waals surface area contributed by atoms with Crippen molar-refractivity contribution in [1.29, 1.82) is 0 Å². The minimum atomic E-state index is -0.514. The Bertz CT molecular complexity index is 1750. The van der Waals surface area contributed by atoms with Crippen LogP contribution >= 0.6 is 0 Å². The number of hydrogen-bond acceptors (Lipinski definition) is 6. The van der Waals surface area contributed by atoms with Gasteiger partial charge in [-0.1, -0.05) is 24.3 Å². The van der Waals surface area contributed by atoms with Gasteiger partial charge >= 0.3 is 6.09 Å². The van der Waals surface area contributed by atoms with Crippen LogP contribution in [0.4, 0.5) is 10.5 Å². The number of ether oxygens (including phenoxy) is 1. The Labute approximate surface area is 251 Å². The first-order valence-corrected chi connectivity index (χ1v) is 15.1. The number of aromatic nitrogens is 3. The number of rotatable bonds is 5. The summed E-state index contributed by atoms with van der Waals surface area (Å²) in [4.78, 5) is 35.8. The molecule has 0 radical (unpaired) electrons. The van der Waals surface area contributed by atoms with Crippen LogP contribution in [0, 0.1) is 6.92 Å². The van der Waals surface area contributed by atoms with Gasteiger partial charge in [-0.15, -0.1) is 0 Å². The second-order valence-electron chi connectivity index (χ2n) is 13.3. The molecule has 3 fully saturated rings. The molecule has 2 aromatic carbocycles. The molecule has 1 N–H and O–H groups in total.